The fraction of sp³-hybridized carbons (Fsp3) is 0.111. The van der Waals surface area contributed by atoms with E-state index in [0.717, 1.165) is 12.1 Å². The Morgan fingerprint density at radius 2 is 1.83 bits per heavy atom. The highest BCUT2D eigenvalue weighted by molar-refractivity contribution is 5.47. The topological polar surface area (TPSA) is 0 Å². The van der Waals surface area contributed by atoms with Gasteiger partial charge < -0.3 is 0 Å². The van der Waals surface area contributed by atoms with Gasteiger partial charge in [-0.25, -0.2) is 0 Å². The zero-order chi connectivity index (χ0) is 10.8. The normalized spacial score (nSPS) is 13.2. The van der Waals surface area contributed by atoms with Gasteiger partial charge in [-0.3, -0.25) is 0 Å². The van der Waals surface area contributed by atoms with E-state index in [4.69, 9.17) is 2.74 Å². The second-order valence-corrected chi connectivity index (χ2v) is 2.26. The molecule has 0 unspecified atom stereocenters. The molecule has 0 aliphatic rings. The largest absolute Gasteiger partial charge is 0.416 e. The van der Waals surface area contributed by atoms with E-state index in [-0.39, 0.29) is 0 Å². The Morgan fingerprint density at radius 1 is 1.25 bits per heavy atom. The zero-order valence-corrected chi connectivity index (χ0v) is 6.02. The molecule has 0 heterocycles. The van der Waals surface area contributed by atoms with E-state index in [1.807, 2.05) is 0 Å². The summed E-state index contributed by atoms with van der Waals surface area (Å²) < 4.78 is 49.9. The molecule has 0 nitrogen and oxygen atoms in total. The van der Waals surface area contributed by atoms with E-state index >= 15 is 0 Å². The van der Waals surface area contributed by atoms with Crippen molar-refractivity contribution in [1.29, 1.82) is 0 Å². The molecule has 0 saturated heterocycles. The maximum atomic E-state index is 12.1. The average molecular weight is 174 g/mol. The molecule has 64 valence electrons. The smallest absolute Gasteiger partial charge is 0.166 e. The van der Waals surface area contributed by atoms with Crippen LogP contribution in [0.5, 0.6) is 0 Å². The molecule has 0 N–H and O–H groups in total. The predicted molar refractivity (Wildman–Crippen MR) is 41.5 cm³/mol. The summed E-state index contributed by atoms with van der Waals surface area (Å²) in [5, 5.41) is 0. The Labute approximate surface area is 71.1 Å². The molecule has 0 fully saturated rings. The number of alkyl halides is 3. The van der Waals surface area contributed by atoms with Crippen LogP contribution in [0.4, 0.5) is 13.2 Å². The van der Waals surface area contributed by atoms with Gasteiger partial charge in [-0.15, -0.1) is 0 Å². The van der Waals surface area contributed by atoms with Crippen molar-refractivity contribution in [2.75, 3.05) is 0 Å². The van der Waals surface area contributed by atoms with Crippen LogP contribution in [0.15, 0.2) is 30.8 Å². The van der Waals surface area contributed by atoms with Gasteiger partial charge in [0, 0.05) is 0 Å². The number of hydrogen-bond acceptors (Lipinski definition) is 0. The van der Waals surface area contributed by atoms with Crippen molar-refractivity contribution in [3.05, 3.63) is 41.9 Å². The van der Waals surface area contributed by atoms with Crippen LogP contribution < -0.4 is 0 Å². The SMILES string of the molecule is [2H]C([2H])=Cc1ccc(C(F)(F)F)cc1. The molecule has 0 aliphatic carbocycles. The minimum absolute atomic E-state index is 0.415. The van der Waals surface area contributed by atoms with Crippen molar-refractivity contribution in [2.45, 2.75) is 6.18 Å². The van der Waals surface area contributed by atoms with Gasteiger partial charge in [-0.1, -0.05) is 24.7 Å². The summed E-state index contributed by atoms with van der Waals surface area (Å²) in [5.74, 6) is 0. The molecule has 1 rings (SSSR count). The number of hydrogen-bond donors (Lipinski definition) is 0. The third-order valence-electron chi connectivity index (χ3n) is 1.40. The third kappa shape index (κ3) is 1.87. The van der Waals surface area contributed by atoms with Crippen LogP contribution in [0.2, 0.25) is 0 Å². The maximum Gasteiger partial charge on any atom is 0.416 e. The van der Waals surface area contributed by atoms with Crippen molar-refractivity contribution in [3.8, 4) is 0 Å². The quantitative estimate of drug-likeness (QED) is 0.612. The molecule has 0 aromatic heterocycles. The lowest BCUT2D eigenvalue weighted by Gasteiger charge is -2.05. The van der Waals surface area contributed by atoms with Gasteiger partial charge in [0.05, 0.1) is 8.30 Å². The fourth-order valence-corrected chi connectivity index (χ4v) is 0.768. The fourth-order valence-electron chi connectivity index (χ4n) is 0.768. The molecule has 0 amide bonds. The summed E-state index contributed by atoms with van der Waals surface area (Å²) >= 11 is 0. The first-order chi connectivity index (χ1) is 6.39. The van der Waals surface area contributed by atoms with Crippen LogP contribution in [0.25, 0.3) is 6.08 Å². The average Bonchev–Trinajstić information content (AvgIpc) is 2.02. The molecule has 1 aromatic rings. The highest BCUT2D eigenvalue weighted by Crippen LogP contribution is 2.29. The maximum absolute atomic E-state index is 12.1. The highest BCUT2D eigenvalue weighted by atomic mass is 19.4. The summed E-state index contributed by atoms with van der Waals surface area (Å²) in [6.45, 7) is -0.440. The number of benzene rings is 1. The Kier molecular flexibility index (Phi) is 1.58. The Bertz CT molecular complexity index is 334. The Balaban J connectivity index is 2.95. The Morgan fingerprint density at radius 3 is 2.25 bits per heavy atom. The molecular weight excluding hydrogens is 165 g/mol. The number of rotatable bonds is 1. The van der Waals surface area contributed by atoms with Gasteiger partial charge in [0.2, 0.25) is 0 Å². The summed E-state index contributed by atoms with van der Waals surface area (Å²) in [5.41, 5.74) is -0.316. The molecular formula is C9H7F3. The van der Waals surface area contributed by atoms with Gasteiger partial charge in [0.25, 0.3) is 0 Å². The van der Waals surface area contributed by atoms with Crippen LogP contribution in [-0.2, 0) is 6.18 Å². The summed E-state index contributed by atoms with van der Waals surface area (Å²) in [6, 6.07) is 4.31. The molecule has 0 saturated carbocycles. The van der Waals surface area contributed by atoms with Crippen molar-refractivity contribution in [1.82, 2.24) is 0 Å². The van der Waals surface area contributed by atoms with E-state index < -0.39 is 18.3 Å². The summed E-state index contributed by atoms with van der Waals surface area (Å²) in [6.07, 6.45) is -3.17. The van der Waals surface area contributed by atoms with Crippen LogP contribution in [0.1, 0.15) is 13.9 Å². The second-order valence-electron chi connectivity index (χ2n) is 2.26. The second kappa shape index (κ2) is 3.01. The minimum atomic E-state index is -4.34. The van der Waals surface area contributed by atoms with E-state index in [9.17, 15) is 13.2 Å². The van der Waals surface area contributed by atoms with E-state index in [0.29, 0.717) is 5.56 Å². The van der Waals surface area contributed by atoms with E-state index in [2.05, 4.69) is 0 Å². The minimum Gasteiger partial charge on any atom is -0.166 e. The van der Waals surface area contributed by atoms with Crippen molar-refractivity contribution in [2.24, 2.45) is 0 Å². The lowest BCUT2D eigenvalue weighted by atomic mass is 10.1. The van der Waals surface area contributed by atoms with Crippen LogP contribution in [-0.4, -0.2) is 0 Å². The van der Waals surface area contributed by atoms with Crippen LogP contribution in [0, 0.1) is 0 Å². The van der Waals surface area contributed by atoms with E-state index in [1.54, 1.807) is 0 Å². The first-order valence-corrected chi connectivity index (χ1v) is 3.22. The number of halogens is 3. The molecule has 12 heavy (non-hydrogen) atoms. The predicted octanol–water partition coefficient (Wildman–Crippen LogP) is 3.35. The van der Waals surface area contributed by atoms with Gasteiger partial charge in [-0.2, -0.15) is 13.2 Å². The molecule has 3 heteroatoms. The first-order valence-electron chi connectivity index (χ1n) is 4.22. The first kappa shape index (κ1) is 6.29. The monoisotopic (exact) mass is 174 g/mol. The third-order valence-corrected chi connectivity index (χ3v) is 1.40. The summed E-state index contributed by atoms with van der Waals surface area (Å²) in [4.78, 5) is 0. The lowest BCUT2D eigenvalue weighted by Crippen LogP contribution is -2.03. The highest BCUT2D eigenvalue weighted by Gasteiger charge is 2.29. The molecule has 0 aliphatic heterocycles. The van der Waals surface area contributed by atoms with Crippen molar-refractivity contribution in [3.63, 3.8) is 0 Å². The lowest BCUT2D eigenvalue weighted by molar-refractivity contribution is -0.137. The van der Waals surface area contributed by atoms with Gasteiger partial charge in [0.15, 0.2) is 0 Å². The van der Waals surface area contributed by atoms with Crippen LogP contribution >= 0.6 is 0 Å². The van der Waals surface area contributed by atoms with Crippen molar-refractivity contribution >= 4 is 6.08 Å². The van der Waals surface area contributed by atoms with Gasteiger partial charge in [-0.05, 0) is 17.7 Å². The zero-order valence-electron chi connectivity index (χ0n) is 8.02. The molecule has 0 atom stereocenters. The molecule has 0 bridgehead atoms. The summed E-state index contributed by atoms with van der Waals surface area (Å²) in [7, 11) is 0. The Hall–Kier alpha value is -1.25. The molecule has 1 aromatic carbocycles. The van der Waals surface area contributed by atoms with E-state index in [1.165, 1.54) is 18.2 Å². The molecule has 0 spiro atoms. The van der Waals surface area contributed by atoms with Crippen LogP contribution in [0.3, 0.4) is 0 Å². The van der Waals surface area contributed by atoms with Gasteiger partial charge in [0.1, 0.15) is 0 Å². The van der Waals surface area contributed by atoms with Gasteiger partial charge >= 0.3 is 6.18 Å². The standard InChI is InChI=1S/C9H7F3/c1-2-7-3-5-8(6-4-7)9(10,11)12/h2-6H,1H2/i1D2. The van der Waals surface area contributed by atoms with Crippen molar-refractivity contribution < 1.29 is 15.9 Å². The molecule has 0 radical (unpaired) electrons.